The van der Waals surface area contributed by atoms with Crippen LogP contribution in [0.4, 0.5) is 0 Å². The lowest BCUT2D eigenvalue weighted by atomic mass is 9.94. The minimum atomic E-state index is -0.118. The number of hydrogen-bond donors (Lipinski definition) is 1. The molecule has 0 saturated carbocycles. The Hall–Kier alpha value is -2.20. The fourth-order valence-corrected chi connectivity index (χ4v) is 2.34. The number of methoxy groups -OCH3 is 1. The largest absolute Gasteiger partial charge is 0.493 e. The van der Waals surface area contributed by atoms with Crippen molar-refractivity contribution < 1.29 is 9.53 Å². The molecule has 0 aliphatic heterocycles. The van der Waals surface area contributed by atoms with Crippen LogP contribution in [-0.4, -0.2) is 26.0 Å². The van der Waals surface area contributed by atoms with E-state index in [4.69, 9.17) is 4.74 Å². The molecule has 1 aromatic carbocycles. The van der Waals surface area contributed by atoms with Crippen LogP contribution in [0.5, 0.6) is 5.75 Å². The van der Waals surface area contributed by atoms with E-state index < -0.39 is 0 Å². The molecule has 0 aromatic heterocycles. The number of carbonyl (C=O) groups excluding carboxylic acids is 1. The van der Waals surface area contributed by atoms with Crippen LogP contribution < -0.4 is 15.5 Å². The highest BCUT2D eigenvalue weighted by molar-refractivity contribution is 5.97. The van der Waals surface area contributed by atoms with Crippen LogP contribution in [-0.2, 0) is 4.79 Å². The molecular weight excluding hydrogens is 314 g/mol. The molecule has 0 fully saturated rings. The van der Waals surface area contributed by atoms with Gasteiger partial charge in [0, 0.05) is 0 Å². The lowest BCUT2D eigenvalue weighted by Gasteiger charge is -2.16. The molecule has 0 heterocycles. The van der Waals surface area contributed by atoms with Gasteiger partial charge in [-0.2, -0.15) is 0 Å². The normalized spacial score (nSPS) is 16.4. The van der Waals surface area contributed by atoms with Crippen LogP contribution in [0.2, 0.25) is 0 Å². The molecular formula is C21H29NO3. The average molecular weight is 343 g/mol. The van der Waals surface area contributed by atoms with Gasteiger partial charge in [0.2, 0.25) is 5.43 Å². The Morgan fingerprint density at radius 1 is 1.04 bits per heavy atom. The smallest absolute Gasteiger partial charge is 0.220 e. The number of likely N-dealkylation sites (N-methyl/N-ethyl adjacent to an activating group) is 1. The zero-order chi connectivity index (χ0) is 19.0. The number of rotatable bonds is 4. The van der Waals surface area contributed by atoms with Gasteiger partial charge in [-0.3, -0.25) is 9.59 Å². The second-order valence-electron chi connectivity index (χ2n) is 6.58. The van der Waals surface area contributed by atoms with Gasteiger partial charge in [0.15, 0.2) is 11.5 Å². The SMILES string of the molecule is CNC1C=C(C(C)C)C=CC1=O.COc1cc(C(C)C)cccc1=O. The lowest BCUT2D eigenvalue weighted by molar-refractivity contribution is -0.115. The first-order valence-electron chi connectivity index (χ1n) is 8.59. The standard InChI is InChI=1S/C11H14O2.C10H15NO/c1-8(2)9-5-4-6-10(12)11(7-9)13-3;1-7(2)8-4-5-10(12)9(6-8)11-3/h4-8H,1-3H3;4-7,9,11H,1-3H3. The molecule has 0 bridgehead atoms. The first-order valence-corrected chi connectivity index (χ1v) is 8.59. The van der Waals surface area contributed by atoms with Crippen molar-refractivity contribution in [1.29, 1.82) is 0 Å². The van der Waals surface area contributed by atoms with Crippen molar-refractivity contribution in [1.82, 2.24) is 5.32 Å². The Bertz CT molecular complexity index is 702. The van der Waals surface area contributed by atoms with Gasteiger partial charge in [-0.1, -0.05) is 52.0 Å². The summed E-state index contributed by atoms with van der Waals surface area (Å²) in [5, 5.41) is 2.96. The molecule has 1 aromatic rings. The topological polar surface area (TPSA) is 55.4 Å². The van der Waals surface area contributed by atoms with Crippen LogP contribution in [0.25, 0.3) is 0 Å². The second-order valence-corrected chi connectivity index (χ2v) is 6.58. The first kappa shape index (κ1) is 20.8. The maximum atomic E-state index is 11.3. The van der Waals surface area contributed by atoms with Gasteiger partial charge in [0.25, 0.3) is 0 Å². The van der Waals surface area contributed by atoms with E-state index in [1.54, 1.807) is 25.3 Å². The number of allylic oxidation sites excluding steroid dienone is 2. The molecule has 0 saturated heterocycles. The third-order valence-electron chi connectivity index (χ3n) is 4.05. The number of nitrogens with one attached hydrogen (secondary N) is 1. The van der Waals surface area contributed by atoms with Crippen molar-refractivity contribution in [3.05, 3.63) is 63.9 Å². The molecule has 1 aliphatic carbocycles. The number of ether oxygens (including phenoxy) is 1. The van der Waals surface area contributed by atoms with Gasteiger partial charge in [0.05, 0.1) is 13.2 Å². The van der Waals surface area contributed by atoms with Crippen molar-refractivity contribution in [2.24, 2.45) is 5.92 Å². The predicted octanol–water partition coefficient (Wildman–Crippen LogP) is 3.47. The van der Waals surface area contributed by atoms with Crippen molar-refractivity contribution in [3.8, 4) is 5.75 Å². The second kappa shape index (κ2) is 9.94. The summed E-state index contributed by atoms with van der Waals surface area (Å²) in [5.41, 5.74) is 2.27. The van der Waals surface area contributed by atoms with E-state index in [1.165, 1.54) is 18.7 Å². The summed E-state index contributed by atoms with van der Waals surface area (Å²) in [6.07, 6.45) is 5.55. The Balaban J connectivity index is 0.000000251. The summed E-state index contributed by atoms with van der Waals surface area (Å²) in [4.78, 5) is 22.5. The van der Waals surface area contributed by atoms with Crippen LogP contribution in [0, 0.1) is 5.92 Å². The average Bonchev–Trinajstić information content (AvgIpc) is 2.77. The van der Waals surface area contributed by atoms with Crippen molar-refractivity contribution in [2.45, 2.75) is 39.7 Å². The quantitative estimate of drug-likeness (QED) is 0.909. The highest BCUT2D eigenvalue weighted by Gasteiger charge is 2.16. The lowest BCUT2D eigenvalue weighted by Crippen LogP contribution is -2.33. The van der Waals surface area contributed by atoms with Crippen molar-refractivity contribution in [3.63, 3.8) is 0 Å². The van der Waals surface area contributed by atoms with E-state index in [-0.39, 0.29) is 17.3 Å². The molecule has 1 atom stereocenters. The summed E-state index contributed by atoms with van der Waals surface area (Å²) in [5.74, 6) is 1.45. The zero-order valence-corrected chi connectivity index (χ0v) is 16.0. The van der Waals surface area contributed by atoms with E-state index >= 15 is 0 Å². The van der Waals surface area contributed by atoms with E-state index in [9.17, 15) is 9.59 Å². The highest BCUT2D eigenvalue weighted by Crippen LogP contribution is 2.16. The fourth-order valence-electron chi connectivity index (χ4n) is 2.34. The molecule has 0 radical (unpaired) electrons. The van der Waals surface area contributed by atoms with Crippen LogP contribution in [0.15, 0.2) is 52.9 Å². The fraction of sp³-hybridized carbons (Fsp3) is 0.429. The summed E-state index contributed by atoms with van der Waals surface area (Å²) in [7, 11) is 3.32. The van der Waals surface area contributed by atoms with Crippen LogP contribution in [0.1, 0.15) is 39.2 Å². The molecule has 4 heteroatoms. The van der Waals surface area contributed by atoms with Gasteiger partial charge >= 0.3 is 0 Å². The summed E-state index contributed by atoms with van der Waals surface area (Å²) in [6.45, 7) is 8.41. The minimum absolute atomic E-state index is 0.0746. The molecule has 0 amide bonds. The number of carbonyl (C=O) groups is 1. The zero-order valence-electron chi connectivity index (χ0n) is 16.0. The van der Waals surface area contributed by atoms with Crippen LogP contribution >= 0.6 is 0 Å². The Labute approximate surface area is 150 Å². The minimum Gasteiger partial charge on any atom is -0.493 e. The molecule has 1 unspecified atom stereocenters. The summed E-state index contributed by atoms with van der Waals surface area (Å²) >= 11 is 0. The van der Waals surface area contributed by atoms with Crippen LogP contribution in [0.3, 0.4) is 0 Å². The molecule has 1 N–H and O–H groups in total. The van der Waals surface area contributed by atoms with E-state index in [2.05, 4.69) is 33.0 Å². The Morgan fingerprint density at radius 2 is 1.72 bits per heavy atom. The molecule has 4 nitrogen and oxygen atoms in total. The van der Waals surface area contributed by atoms with Gasteiger partial charge < -0.3 is 10.1 Å². The van der Waals surface area contributed by atoms with E-state index in [1.807, 2.05) is 18.2 Å². The summed E-state index contributed by atoms with van der Waals surface area (Å²) < 4.78 is 4.98. The number of ketones is 1. The number of hydrogen-bond acceptors (Lipinski definition) is 4. The molecule has 0 spiro atoms. The molecule has 136 valence electrons. The van der Waals surface area contributed by atoms with E-state index in [0.717, 1.165) is 5.56 Å². The van der Waals surface area contributed by atoms with Gasteiger partial charge in [-0.15, -0.1) is 0 Å². The third kappa shape index (κ3) is 6.31. The van der Waals surface area contributed by atoms with Gasteiger partial charge in [0.1, 0.15) is 0 Å². The third-order valence-corrected chi connectivity index (χ3v) is 4.05. The van der Waals surface area contributed by atoms with Gasteiger partial charge in [-0.05, 0) is 48.2 Å². The highest BCUT2D eigenvalue weighted by atomic mass is 16.5. The monoisotopic (exact) mass is 343 g/mol. The van der Waals surface area contributed by atoms with Crippen molar-refractivity contribution in [2.75, 3.05) is 14.2 Å². The van der Waals surface area contributed by atoms with E-state index in [0.29, 0.717) is 17.6 Å². The first-order chi connectivity index (χ1) is 11.8. The molecule has 2 rings (SSSR count). The maximum absolute atomic E-state index is 11.3. The summed E-state index contributed by atoms with van der Waals surface area (Å²) in [6, 6.07) is 6.90. The predicted molar refractivity (Wildman–Crippen MR) is 103 cm³/mol. The maximum Gasteiger partial charge on any atom is 0.220 e. The Morgan fingerprint density at radius 3 is 2.24 bits per heavy atom. The molecule has 25 heavy (non-hydrogen) atoms. The Kier molecular flexibility index (Phi) is 8.29. The van der Waals surface area contributed by atoms with Gasteiger partial charge in [-0.25, -0.2) is 0 Å². The molecule has 1 aliphatic rings. The van der Waals surface area contributed by atoms with Crippen molar-refractivity contribution >= 4 is 5.78 Å².